The Labute approximate surface area is 151 Å². The van der Waals surface area contributed by atoms with Gasteiger partial charge in [0.05, 0.1) is 10.6 Å². The summed E-state index contributed by atoms with van der Waals surface area (Å²) in [6, 6.07) is 12.7. The molecule has 3 rings (SSSR count). The molecule has 1 heterocycles. The molecule has 0 aliphatic rings. The first kappa shape index (κ1) is 17.1. The van der Waals surface area contributed by atoms with Gasteiger partial charge in [-0.2, -0.15) is 0 Å². The summed E-state index contributed by atoms with van der Waals surface area (Å²) >= 11 is 6.93. The van der Waals surface area contributed by atoms with Gasteiger partial charge in [0.1, 0.15) is 12.1 Å². The number of hydrogen-bond donors (Lipinski definition) is 1. The minimum atomic E-state index is -0.596. The number of nitrogens with zero attached hydrogens (tertiary/aromatic N) is 3. The van der Waals surface area contributed by atoms with E-state index in [1.807, 2.05) is 0 Å². The first-order chi connectivity index (χ1) is 12.0. The smallest absolute Gasteiger partial charge is 0.332 e. The van der Waals surface area contributed by atoms with E-state index in [0.29, 0.717) is 5.02 Å². The van der Waals surface area contributed by atoms with Crippen LogP contribution in [0.2, 0.25) is 5.02 Å². The zero-order valence-electron chi connectivity index (χ0n) is 12.5. The van der Waals surface area contributed by atoms with Crippen LogP contribution in [0.15, 0.2) is 64.8 Å². The van der Waals surface area contributed by atoms with E-state index in [-0.39, 0.29) is 22.2 Å². The standard InChI is InChI=1S/C16H10ClFN4O2S/c17-10-5-7-11(8-6-10)25-16-14(22(23)24)15(19-9-20-16)21-13-4-2-1-3-12(13)18/h1-9H,(H,19,20,21). The van der Waals surface area contributed by atoms with Crippen LogP contribution in [0.3, 0.4) is 0 Å². The molecule has 1 aromatic heterocycles. The number of anilines is 2. The van der Waals surface area contributed by atoms with Gasteiger partial charge in [0.2, 0.25) is 5.82 Å². The van der Waals surface area contributed by atoms with Crippen molar-refractivity contribution in [3.05, 3.63) is 75.8 Å². The third-order valence-electron chi connectivity index (χ3n) is 3.13. The summed E-state index contributed by atoms with van der Waals surface area (Å²) in [5.41, 5.74) is -0.238. The van der Waals surface area contributed by atoms with Crippen LogP contribution in [0, 0.1) is 15.9 Å². The van der Waals surface area contributed by atoms with Gasteiger partial charge in [-0.3, -0.25) is 10.1 Å². The van der Waals surface area contributed by atoms with E-state index in [1.54, 1.807) is 30.3 Å². The number of nitro groups is 1. The normalized spacial score (nSPS) is 10.5. The molecule has 25 heavy (non-hydrogen) atoms. The molecule has 3 aromatic rings. The number of aromatic nitrogens is 2. The van der Waals surface area contributed by atoms with Crippen LogP contribution in [-0.4, -0.2) is 14.9 Å². The summed E-state index contributed by atoms with van der Waals surface area (Å²) in [4.78, 5) is 19.5. The van der Waals surface area contributed by atoms with Crippen LogP contribution < -0.4 is 5.32 Å². The zero-order valence-corrected chi connectivity index (χ0v) is 14.1. The van der Waals surface area contributed by atoms with Crippen LogP contribution in [0.4, 0.5) is 21.6 Å². The summed E-state index contributed by atoms with van der Waals surface area (Å²) in [6.07, 6.45) is 1.19. The van der Waals surface area contributed by atoms with Gasteiger partial charge in [0, 0.05) is 9.92 Å². The number of rotatable bonds is 5. The van der Waals surface area contributed by atoms with E-state index in [2.05, 4.69) is 15.3 Å². The van der Waals surface area contributed by atoms with Gasteiger partial charge >= 0.3 is 5.69 Å². The molecule has 0 saturated heterocycles. The Bertz CT molecular complexity index is 924. The molecule has 0 unspecified atom stereocenters. The number of benzene rings is 2. The molecule has 126 valence electrons. The van der Waals surface area contributed by atoms with Crippen molar-refractivity contribution < 1.29 is 9.31 Å². The Balaban J connectivity index is 1.98. The molecule has 0 aliphatic carbocycles. The van der Waals surface area contributed by atoms with E-state index >= 15 is 0 Å². The first-order valence-corrected chi connectivity index (χ1v) is 8.18. The fourth-order valence-corrected chi connectivity index (χ4v) is 2.99. The van der Waals surface area contributed by atoms with Gasteiger partial charge in [-0.05, 0) is 36.4 Å². The molecule has 0 amide bonds. The van der Waals surface area contributed by atoms with E-state index in [0.717, 1.165) is 16.7 Å². The molecule has 0 spiro atoms. The molecule has 0 saturated carbocycles. The molecule has 0 fully saturated rings. The van der Waals surface area contributed by atoms with Crippen LogP contribution in [0.5, 0.6) is 0 Å². The third-order valence-corrected chi connectivity index (χ3v) is 4.38. The fraction of sp³-hybridized carbons (Fsp3) is 0. The van der Waals surface area contributed by atoms with Crippen molar-refractivity contribution in [1.82, 2.24) is 9.97 Å². The zero-order chi connectivity index (χ0) is 17.8. The topological polar surface area (TPSA) is 81.0 Å². The Morgan fingerprint density at radius 1 is 1.12 bits per heavy atom. The molecule has 0 atom stereocenters. The number of nitrogens with one attached hydrogen (secondary N) is 1. The summed E-state index contributed by atoms with van der Waals surface area (Å²) in [5.74, 6) is -0.621. The van der Waals surface area contributed by atoms with E-state index in [9.17, 15) is 14.5 Å². The highest BCUT2D eigenvalue weighted by Crippen LogP contribution is 2.37. The summed E-state index contributed by atoms with van der Waals surface area (Å²) in [6.45, 7) is 0. The molecular weight excluding hydrogens is 367 g/mol. The largest absolute Gasteiger partial charge is 0.343 e. The highest BCUT2D eigenvalue weighted by Gasteiger charge is 2.24. The van der Waals surface area contributed by atoms with Crippen molar-refractivity contribution in [2.24, 2.45) is 0 Å². The van der Waals surface area contributed by atoms with Crippen molar-refractivity contribution in [3.63, 3.8) is 0 Å². The average molecular weight is 377 g/mol. The van der Waals surface area contributed by atoms with Crippen molar-refractivity contribution in [2.45, 2.75) is 9.92 Å². The predicted molar refractivity (Wildman–Crippen MR) is 93.9 cm³/mol. The predicted octanol–water partition coefficient (Wildman–Crippen LogP) is 5.07. The molecule has 2 aromatic carbocycles. The van der Waals surface area contributed by atoms with Crippen LogP contribution in [0.25, 0.3) is 0 Å². The Kier molecular flexibility index (Phi) is 5.11. The van der Waals surface area contributed by atoms with E-state index in [1.165, 1.54) is 24.5 Å². The summed E-state index contributed by atoms with van der Waals surface area (Å²) in [5, 5.41) is 14.9. The van der Waals surface area contributed by atoms with Gasteiger partial charge in [-0.15, -0.1) is 0 Å². The van der Waals surface area contributed by atoms with Gasteiger partial charge in [0.25, 0.3) is 0 Å². The second-order valence-corrected chi connectivity index (χ2v) is 6.29. The van der Waals surface area contributed by atoms with Gasteiger partial charge in [-0.1, -0.05) is 35.5 Å². The summed E-state index contributed by atoms with van der Waals surface area (Å²) < 4.78 is 13.8. The van der Waals surface area contributed by atoms with Crippen molar-refractivity contribution in [3.8, 4) is 0 Å². The van der Waals surface area contributed by atoms with Crippen molar-refractivity contribution >= 4 is 40.6 Å². The van der Waals surface area contributed by atoms with Gasteiger partial charge < -0.3 is 5.32 Å². The fourth-order valence-electron chi connectivity index (χ4n) is 2.00. The van der Waals surface area contributed by atoms with Crippen LogP contribution >= 0.6 is 23.4 Å². The number of hydrogen-bond acceptors (Lipinski definition) is 6. The molecule has 9 heteroatoms. The second kappa shape index (κ2) is 7.45. The lowest BCUT2D eigenvalue weighted by Crippen LogP contribution is -2.03. The monoisotopic (exact) mass is 376 g/mol. The maximum absolute atomic E-state index is 13.8. The maximum atomic E-state index is 13.8. The molecule has 0 bridgehead atoms. The van der Waals surface area contributed by atoms with Crippen LogP contribution in [-0.2, 0) is 0 Å². The number of para-hydroxylation sites is 1. The average Bonchev–Trinajstić information content (AvgIpc) is 2.59. The lowest BCUT2D eigenvalue weighted by molar-refractivity contribution is -0.387. The van der Waals surface area contributed by atoms with Crippen LogP contribution in [0.1, 0.15) is 0 Å². The molecule has 0 radical (unpaired) electrons. The van der Waals surface area contributed by atoms with Crippen molar-refractivity contribution in [2.75, 3.05) is 5.32 Å². The van der Waals surface area contributed by atoms with E-state index < -0.39 is 10.7 Å². The lowest BCUT2D eigenvalue weighted by Gasteiger charge is -2.09. The Morgan fingerprint density at radius 3 is 2.52 bits per heavy atom. The molecule has 0 aliphatic heterocycles. The minimum absolute atomic E-state index is 0.0819. The SMILES string of the molecule is O=[N+]([O-])c1c(Nc2ccccc2F)ncnc1Sc1ccc(Cl)cc1. The van der Waals surface area contributed by atoms with Gasteiger partial charge in [0.15, 0.2) is 5.03 Å². The Morgan fingerprint density at radius 2 is 1.84 bits per heavy atom. The number of halogens is 2. The Hall–Kier alpha value is -2.71. The maximum Gasteiger partial charge on any atom is 0.343 e. The second-order valence-electron chi connectivity index (χ2n) is 4.79. The van der Waals surface area contributed by atoms with Crippen molar-refractivity contribution in [1.29, 1.82) is 0 Å². The highest BCUT2D eigenvalue weighted by molar-refractivity contribution is 7.99. The lowest BCUT2D eigenvalue weighted by atomic mass is 10.3. The molecular formula is C16H10ClFN4O2S. The van der Waals surface area contributed by atoms with Gasteiger partial charge in [-0.25, -0.2) is 14.4 Å². The molecule has 1 N–H and O–H groups in total. The van der Waals surface area contributed by atoms with E-state index in [4.69, 9.17) is 11.6 Å². The quantitative estimate of drug-likeness (QED) is 0.380. The first-order valence-electron chi connectivity index (χ1n) is 6.99. The molecule has 6 nitrogen and oxygen atoms in total. The minimum Gasteiger partial charge on any atom is -0.332 e. The third kappa shape index (κ3) is 4.04. The highest BCUT2D eigenvalue weighted by atomic mass is 35.5. The summed E-state index contributed by atoms with van der Waals surface area (Å²) in [7, 11) is 0.